The molecule has 1 unspecified atom stereocenters. The van der Waals surface area contributed by atoms with E-state index in [9.17, 15) is 28.0 Å². The van der Waals surface area contributed by atoms with Crippen LogP contribution >= 0.6 is 11.6 Å². The molecule has 4 aromatic carbocycles. The van der Waals surface area contributed by atoms with Gasteiger partial charge in [-0.2, -0.15) is 0 Å². The van der Waals surface area contributed by atoms with Crippen molar-refractivity contribution < 1.29 is 28.0 Å². The molecule has 330 valence electrons. The Hall–Kier alpha value is -7.50. The van der Waals surface area contributed by atoms with Gasteiger partial charge in [0.2, 0.25) is 11.9 Å². The van der Waals surface area contributed by atoms with Gasteiger partial charge < -0.3 is 31.0 Å². The smallest absolute Gasteiger partial charge is 0.255 e. The van der Waals surface area contributed by atoms with Crippen LogP contribution in [-0.2, 0) is 35.8 Å². The number of nitrogens with zero attached hydrogens (tertiary/aromatic N) is 7. The maximum Gasteiger partial charge on any atom is 0.255 e. The number of nitrogens with one attached hydrogen (secondary N) is 4. The molecule has 8 rings (SSSR count). The van der Waals surface area contributed by atoms with Crippen LogP contribution < -0.4 is 21.3 Å². The zero-order valence-electron chi connectivity index (χ0n) is 34.9. The van der Waals surface area contributed by atoms with E-state index in [1.807, 2.05) is 0 Å². The van der Waals surface area contributed by atoms with E-state index in [1.54, 1.807) is 83.8 Å². The second-order valence-electron chi connectivity index (χ2n) is 15.3. The first-order valence-corrected chi connectivity index (χ1v) is 21.2. The molecule has 2 aromatic heterocycles. The van der Waals surface area contributed by atoms with Gasteiger partial charge in [-0.1, -0.05) is 41.1 Å². The van der Waals surface area contributed by atoms with Crippen LogP contribution in [0, 0.1) is 11.6 Å². The molecule has 4 heterocycles. The van der Waals surface area contributed by atoms with Gasteiger partial charge in [-0.15, -0.1) is 11.7 Å². The number of carbonyl (C=O) groups is 4. The van der Waals surface area contributed by atoms with E-state index in [0.29, 0.717) is 93.6 Å². The number of allylic oxidation sites excluding steroid dienone is 1. The van der Waals surface area contributed by atoms with E-state index in [4.69, 9.17) is 16.6 Å². The van der Waals surface area contributed by atoms with E-state index in [0.717, 1.165) is 6.29 Å². The zero-order chi connectivity index (χ0) is 45.5. The largest absolute Gasteiger partial charge is 0.346 e. The van der Waals surface area contributed by atoms with Gasteiger partial charge in [0.1, 0.15) is 23.6 Å². The molecular weight excluding hydrogens is 856 g/mol. The molecule has 2 aliphatic rings. The van der Waals surface area contributed by atoms with E-state index in [1.165, 1.54) is 23.1 Å². The number of carbonyl (C=O) groups excluding carboxylic acids is 4. The first-order valence-electron chi connectivity index (χ1n) is 20.8. The summed E-state index contributed by atoms with van der Waals surface area (Å²) in [4.78, 5) is 65.9. The molecule has 0 radical (unpaired) electrons. The molecule has 0 fully saturated rings. The summed E-state index contributed by atoms with van der Waals surface area (Å²) in [7, 11) is 0. The Morgan fingerprint density at radius 2 is 1.77 bits per heavy atom. The summed E-state index contributed by atoms with van der Waals surface area (Å²) in [5, 5.41) is 20.8. The average molecular weight is 898 g/mol. The summed E-state index contributed by atoms with van der Waals surface area (Å²) < 4.78 is 31.5. The lowest BCUT2D eigenvalue weighted by Crippen LogP contribution is -2.36. The Balaban J connectivity index is 0.789. The third-order valence-electron chi connectivity index (χ3n) is 10.9. The van der Waals surface area contributed by atoms with Crippen molar-refractivity contribution in [3.63, 3.8) is 0 Å². The van der Waals surface area contributed by atoms with Gasteiger partial charge in [-0.25, -0.2) is 18.7 Å². The number of halogens is 3. The lowest BCUT2D eigenvalue weighted by molar-refractivity contribution is -0.116. The number of aromatic nitrogens is 5. The molecular formula is C47H42ClF2N11O4. The number of hydrogen-bond donors (Lipinski definition) is 4. The average Bonchev–Trinajstić information content (AvgIpc) is 3.87. The van der Waals surface area contributed by atoms with Gasteiger partial charge in [-0.05, 0) is 73.5 Å². The molecule has 0 bridgehead atoms. The monoisotopic (exact) mass is 897 g/mol. The molecule has 0 spiro atoms. The summed E-state index contributed by atoms with van der Waals surface area (Å²) in [5.74, 6) is -1.99. The van der Waals surface area contributed by atoms with Gasteiger partial charge in [0.25, 0.3) is 11.8 Å². The number of aldehydes is 1. The van der Waals surface area contributed by atoms with Gasteiger partial charge in [-0.3, -0.25) is 24.1 Å². The molecule has 65 heavy (non-hydrogen) atoms. The molecule has 18 heteroatoms. The Bertz CT molecular complexity index is 2810. The number of hydrogen-bond acceptors (Lipinski definition) is 11. The number of rotatable bonds is 18. The van der Waals surface area contributed by atoms with Crippen LogP contribution in [0.5, 0.6) is 0 Å². The molecule has 15 nitrogen and oxygen atoms in total. The highest BCUT2D eigenvalue weighted by atomic mass is 35.5. The van der Waals surface area contributed by atoms with Gasteiger partial charge in [0.15, 0.2) is 0 Å². The highest BCUT2D eigenvalue weighted by Gasteiger charge is 2.34. The maximum atomic E-state index is 14.9. The Kier molecular flexibility index (Phi) is 13.5. The number of aliphatic imine (C=N–C) groups is 1. The lowest BCUT2D eigenvalue weighted by atomic mass is 9.95. The number of amides is 3. The van der Waals surface area contributed by atoms with Crippen molar-refractivity contribution >= 4 is 58.6 Å². The van der Waals surface area contributed by atoms with Crippen molar-refractivity contribution in [2.45, 2.75) is 51.5 Å². The highest BCUT2D eigenvalue weighted by Crippen LogP contribution is 2.35. The Morgan fingerprint density at radius 3 is 2.55 bits per heavy atom. The Labute approximate surface area is 377 Å². The van der Waals surface area contributed by atoms with Crippen molar-refractivity contribution in [2.24, 2.45) is 4.99 Å². The molecule has 3 amide bonds. The summed E-state index contributed by atoms with van der Waals surface area (Å²) in [6, 6.07) is 20.0. The molecule has 6 aromatic rings. The maximum absolute atomic E-state index is 14.9. The minimum atomic E-state index is -0.744. The van der Waals surface area contributed by atoms with E-state index in [-0.39, 0.29) is 61.0 Å². The molecule has 0 saturated carbocycles. The zero-order valence-corrected chi connectivity index (χ0v) is 35.6. The number of fused-ring (bicyclic) bond motifs is 4. The van der Waals surface area contributed by atoms with Crippen molar-refractivity contribution in [1.82, 2.24) is 40.5 Å². The Morgan fingerprint density at radius 1 is 0.969 bits per heavy atom. The predicted molar refractivity (Wildman–Crippen MR) is 241 cm³/mol. The highest BCUT2D eigenvalue weighted by molar-refractivity contribution is 6.31. The SMILES string of the molecule is C=CCCC(C=O)N1Cc2c(NC(=O)CCNCCn3cc(CNC(=O)c4ccc(Nc5ncc6c(n5)-c5ccc(Cl)cc5C(c5c(F)cccc5F)=NC6)cc4)nn3)cccc2C1=O. The molecule has 0 saturated heterocycles. The van der Waals surface area contributed by atoms with Crippen LogP contribution in [0.2, 0.25) is 5.02 Å². The fourth-order valence-electron chi connectivity index (χ4n) is 7.62. The van der Waals surface area contributed by atoms with Crippen molar-refractivity contribution in [3.8, 4) is 11.3 Å². The van der Waals surface area contributed by atoms with Gasteiger partial charge >= 0.3 is 0 Å². The number of benzene rings is 4. The van der Waals surface area contributed by atoms with Crippen molar-refractivity contribution in [1.29, 1.82) is 0 Å². The minimum absolute atomic E-state index is 0.0814. The van der Waals surface area contributed by atoms with Crippen LogP contribution in [0.4, 0.5) is 26.1 Å². The van der Waals surface area contributed by atoms with E-state index >= 15 is 0 Å². The first kappa shape index (κ1) is 44.1. The molecule has 1 atom stereocenters. The van der Waals surface area contributed by atoms with Crippen molar-refractivity contribution in [3.05, 3.63) is 160 Å². The third-order valence-corrected chi connectivity index (χ3v) is 11.2. The second-order valence-corrected chi connectivity index (χ2v) is 15.7. The molecule has 2 aliphatic heterocycles. The van der Waals surface area contributed by atoms with Gasteiger partial charge in [0, 0.05) is 82.0 Å². The topological polar surface area (TPSA) is 188 Å². The standard InChI is InChI=1S/C47H42ClF2N11O4/c1-2-3-6-33(27-62)61-26-37-35(46(61)65)7-4-10-40(37)56-41(63)17-18-51-19-20-60-25-32(58-59-60)24-53-45(64)28-11-14-31(15-12-28)55-47-54-23-29-22-52-44(42-38(49)8-5-9-39(42)50)36-21-30(48)13-16-34(36)43(29)57-47/h2,4-5,7-16,21,23,25,27,33,51H,1,3,6,17-20,22,24,26H2,(H,53,64)(H,56,63)(H,54,55,57). The van der Waals surface area contributed by atoms with Crippen LogP contribution in [-0.4, -0.2) is 78.7 Å². The fraction of sp³-hybridized carbons (Fsp3) is 0.213. The van der Waals surface area contributed by atoms with Crippen LogP contribution in [0.25, 0.3) is 11.3 Å². The normalized spacial score (nSPS) is 13.2. The third kappa shape index (κ3) is 10.0. The fourth-order valence-corrected chi connectivity index (χ4v) is 7.79. The first-order chi connectivity index (χ1) is 31.6. The summed E-state index contributed by atoms with van der Waals surface area (Å²) in [6.07, 6.45) is 7.12. The number of anilines is 3. The van der Waals surface area contributed by atoms with Crippen LogP contribution in [0.1, 0.15) is 67.9 Å². The summed E-state index contributed by atoms with van der Waals surface area (Å²) in [6.45, 7) is 5.55. The van der Waals surface area contributed by atoms with Crippen LogP contribution in [0.15, 0.2) is 109 Å². The van der Waals surface area contributed by atoms with Crippen LogP contribution in [0.3, 0.4) is 0 Å². The quantitative estimate of drug-likeness (QED) is 0.0406. The lowest BCUT2D eigenvalue weighted by Gasteiger charge is -2.22. The molecule has 0 aliphatic carbocycles. The molecule has 4 N–H and O–H groups in total. The van der Waals surface area contributed by atoms with Gasteiger partial charge in [0.05, 0.1) is 48.8 Å². The van der Waals surface area contributed by atoms with E-state index in [2.05, 4.69) is 48.1 Å². The van der Waals surface area contributed by atoms with E-state index < -0.39 is 17.7 Å². The van der Waals surface area contributed by atoms with Crippen molar-refractivity contribution in [2.75, 3.05) is 23.7 Å². The summed E-state index contributed by atoms with van der Waals surface area (Å²) in [5.41, 5.74) is 5.39. The minimum Gasteiger partial charge on any atom is -0.346 e. The second kappa shape index (κ2) is 19.9. The predicted octanol–water partition coefficient (Wildman–Crippen LogP) is 6.80. The summed E-state index contributed by atoms with van der Waals surface area (Å²) >= 11 is 6.35.